The standard InChI is InChI=1S/C11H13N3O2S/c1-7(10(15)16-3)6-17-11-13-8(2)4-9(5-12)14-11/h4,7H,6H2,1-3H3. The van der Waals surface area contributed by atoms with E-state index in [1.165, 1.54) is 18.9 Å². The second-order valence-electron chi connectivity index (χ2n) is 3.52. The third-order valence-electron chi connectivity index (χ3n) is 2.01. The van der Waals surface area contributed by atoms with Gasteiger partial charge < -0.3 is 4.74 Å². The van der Waals surface area contributed by atoms with E-state index in [9.17, 15) is 4.79 Å². The van der Waals surface area contributed by atoms with Crippen LogP contribution in [0.4, 0.5) is 0 Å². The lowest BCUT2D eigenvalue weighted by Gasteiger charge is -2.07. The Kier molecular flexibility index (Phi) is 4.91. The third-order valence-corrected chi connectivity index (χ3v) is 3.12. The van der Waals surface area contributed by atoms with Crippen LogP contribution in [0.25, 0.3) is 0 Å². The zero-order valence-electron chi connectivity index (χ0n) is 9.93. The minimum atomic E-state index is -0.259. The Morgan fingerprint density at radius 2 is 2.35 bits per heavy atom. The SMILES string of the molecule is COC(=O)C(C)CSc1nc(C)cc(C#N)n1. The van der Waals surface area contributed by atoms with Gasteiger partial charge in [0, 0.05) is 11.4 Å². The van der Waals surface area contributed by atoms with Crippen molar-refractivity contribution in [1.82, 2.24) is 9.97 Å². The number of ether oxygens (including phenoxy) is 1. The van der Waals surface area contributed by atoms with Gasteiger partial charge in [-0.05, 0) is 13.0 Å². The first-order valence-electron chi connectivity index (χ1n) is 5.03. The van der Waals surface area contributed by atoms with Crippen LogP contribution in [0.1, 0.15) is 18.3 Å². The summed E-state index contributed by atoms with van der Waals surface area (Å²) in [5, 5.41) is 9.28. The molecule has 6 heteroatoms. The molecule has 0 aliphatic carbocycles. The molecule has 1 unspecified atom stereocenters. The van der Waals surface area contributed by atoms with Gasteiger partial charge in [-0.2, -0.15) is 5.26 Å². The molecule has 1 atom stereocenters. The molecule has 0 spiro atoms. The zero-order valence-corrected chi connectivity index (χ0v) is 10.7. The number of nitriles is 1. The number of nitrogens with zero attached hydrogens (tertiary/aromatic N) is 3. The topological polar surface area (TPSA) is 75.9 Å². The molecule has 90 valence electrons. The number of rotatable bonds is 4. The first-order valence-corrected chi connectivity index (χ1v) is 6.01. The lowest BCUT2D eigenvalue weighted by Crippen LogP contribution is -2.15. The van der Waals surface area contributed by atoms with Crippen LogP contribution >= 0.6 is 11.8 Å². The van der Waals surface area contributed by atoms with Gasteiger partial charge >= 0.3 is 5.97 Å². The molecule has 0 fully saturated rings. The average Bonchev–Trinajstić information content (AvgIpc) is 2.34. The summed E-state index contributed by atoms with van der Waals surface area (Å²) in [6.07, 6.45) is 0. The number of carbonyl (C=O) groups is 1. The molecule has 17 heavy (non-hydrogen) atoms. The van der Waals surface area contributed by atoms with Crippen LogP contribution in [0.2, 0.25) is 0 Å². The first-order chi connectivity index (χ1) is 8.06. The summed E-state index contributed by atoms with van der Waals surface area (Å²) < 4.78 is 4.62. The van der Waals surface area contributed by atoms with E-state index in [4.69, 9.17) is 5.26 Å². The van der Waals surface area contributed by atoms with Crippen LogP contribution in [0.5, 0.6) is 0 Å². The number of hydrogen-bond donors (Lipinski definition) is 0. The fraction of sp³-hybridized carbons (Fsp3) is 0.455. The molecule has 0 saturated carbocycles. The summed E-state index contributed by atoms with van der Waals surface area (Å²) in [6.45, 7) is 3.58. The van der Waals surface area contributed by atoms with E-state index >= 15 is 0 Å². The van der Waals surface area contributed by atoms with Crippen molar-refractivity contribution in [2.24, 2.45) is 5.92 Å². The zero-order chi connectivity index (χ0) is 12.8. The van der Waals surface area contributed by atoms with Crippen molar-refractivity contribution in [3.63, 3.8) is 0 Å². The molecule has 1 aromatic heterocycles. The Balaban J connectivity index is 2.67. The Morgan fingerprint density at radius 1 is 1.65 bits per heavy atom. The van der Waals surface area contributed by atoms with Crippen molar-refractivity contribution in [1.29, 1.82) is 5.26 Å². The Bertz CT molecular complexity index is 457. The number of aromatic nitrogens is 2. The van der Waals surface area contributed by atoms with Crippen LogP contribution in [-0.2, 0) is 9.53 Å². The van der Waals surface area contributed by atoms with Crippen LogP contribution in [0.15, 0.2) is 11.2 Å². The molecule has 1 heterocycles. The predicted molar refractivity (Wildman–Crippen MR) is 63.4 cm³/mol. The quantitative estimate of drug-likeness (QED) is 0.459. The van der Waals surface area contributed by atoms with Gasteiger partial charge in [0.25, 0.3) is 0 Å². The van der Waals surface area contributed by atoms with E-state index in [1.54, 1.807) is 19.9 Å². The molecule has 1 aromatic rings. The number of hydrogen-bond acceptors (Lipinski definition) is 6. The van der Waals surface area contributed by atoms with E-state index in [-0.39, 0.29) is 11.9 Å². The number of carbonyl (C=O) groups excluding carboxylic acids is 1. The Labute approximate surface area is 104 Å². The second-order valence-corrected chi connectivity index (χ2v) is 4.51. The van der Waals surface area contributed by atoms with Gasteiger partial charge in [0.1, 0.15) is 11.8 Å². The highest BCUT2D eigenvalue weighted by Crippen LogP contribution is 2.18. The Morgan fingerprint density at radius 3 is 2.94 bits per heavy atom. The van der Waals surface area contributed by atoms with Gasteiger partial charge in [0.05, 0.1) is 13.0 Å². The number of methoxy groups -OCH3 is 1. The highest BCUT2D eigenvalue weighted by molar-refractivity contribution is 7.99. The Hall–Kier alpha value is -1.61. The molecule has 0 radical (unpaired) electrons. The summed E-state index contributed by atoms with van der Waals surface area (Å²) in [7, 11) is 1.36. The van der Waals surface area contributed by atoms with Crippen molar-refractivity contribution in [3.05, 3.63) is 17.5 Å². The highest BCUT2D eigenvalue weighted by atomic mass is 32.2. The van der Waals surface area contributed by atoms with Gasteiger partial charge in [-0.25, -0.2) is 9.97 Å². The van der Waals surface area contributed by atoms with Crippen molar-refractivity contribution in [3.8, 4) is 6.07 Å². The maximum atomic E-state index is 11.2. The van der Waals surface area contributed by atoms with Crippen molar-refractivity contribution >= 4 is 17.7 Å². The third kappa shape index (κ3) is 4.04. The molecule has 0 aromatic carbocycles. The predicted octanol–water partition coefficient (Wildman–Crippen LogP) is 1.56. The molecule has 1 rings (SSSR count). The van der Waals surface area contributed by atoms with E-state index in [0.717, 1.165) is 5.69 Å². The van der Waals surface area contributed by atoms with Gasteiger partial charge in [0.15, 0.2) is 5.16 Å². The summed E-state index contributed by atoms with van der Waals surface area (Å²) in [4.78, 5) is 19.4. The van der Waals surface area contributed by atoms with Crippen molar-refractivity contribution < 1.29 is 9.53 Å². The molecule has 0 bridgehead atoms. The molecule has 5 nitrogen and oxygen atoms in total. The minimum absolute atomic E-state index is 0.223. The number of esters is 1. The smallest absolute Gasteiger partial charge is 0.309 e. The van der Waals surface area contributed by atoms with Crippen LogP contribution in [-0.4, -0.2) is 28.8 Å². The van der Waals surface area contributed by atoms with Crippen LogP contribution in [0.3, 0.4) is 0 Å². The van der Waals surface area contributed by atoms with Crippen LogP contribution < -0.4 is 0 Å². The average molecular weight is 251 g/mol. The monoisotopic (exact) mass is 251 g/mol. The normalized spacial score (nSPS) is 11.6. The largest absolute Gasteiger partial charge is 0.469 e. The van der Waals surface area contributed by atoms with E-state index < -0.39 is 0 Å². The summed E-state index contributed by atoms with van der Waals surface area (Å²) in [6, 6.07) is 3.59. The fourth-order valence-corrected chi connectivity index (χ4v) is 2.04. The summed E-state index contributed by atoms with van der Waals surface area (Å²) >= 11 is 1.34. The maximum Gasteiger partial charge on any atom is 0.309 e. The lowest BCUT2D eigenvalue weighted by molar-refractivity contribution is -0.143. The van der Waals surface area contributed by atoms with Gasteiger partial charge in [-0.3, -0.25) is 4.79 Å². The highest BCUT2D eigenvalue weighted by Gasteiger charge is 2.14. The van der Waals surface area contributed by atoms with Gasteiger partial charge in [-0.1, -0.05) is 18.7 Å². The molecular formula is C11H13N3O2S. The van der Waals surface area contributed by atoms with Crippen LogP contribution in [0, 0.1) is 24.2 Å². The van der Waals surface area contributed by atoms with E-state index in [1.807, 2.05) is 6.07 Å². The summed E-state index contributed by atoms with van der Waals surface area (Å²) in [5.41, 5.74) is 1.08. The van der Waals surface area contributed by atoms with E-state index in [0.29, 0.717) is 16.6 Å². The molecule has 0 N–H and O–H groups in total. The second kappa shape index (κ2) is 6.21. The summed E-state index contributed by atoms with van der Waals surface area (Å²) in [5.74, 6) is 0.0476. The first kappa shape index (κ1) is 13.5. The molecule has 0 amide bonds. The van der Waals surface area contributed by atoms with E-state index in [2.05, 4.69) is 14.7 Å². The minimum Gasteiger partial charge on any atom is -0.469 e. The van der Waals surface area contributed by atoms with Gasteiger partial charge in [-0.15, -0.1) is 0 Å². The number of thioether (sulfide) groups is 1. The van der Waals surface area contributed by atoms with Crippen molar-refractivity contribution in [2.75, 3.05) is 12.9 Å². The molecule has 0 aliphatic heterocycles. The molecular weight excluding hydrogens is 238 g/mol. The molecule has 0 saturated heterocycles. The lowest BCUT2D eigenvalue weighted by atomic mass is 10.2. The maximum absolute atomic E-state index is 11.2. The van der Waals surface area contributed by atoms with Gasteiger partial charge in [0.2, 0.25) is 0 Å². The van der Waals surface area contributed by atoms with Crippen molar-refractivity contribution in [2.45, 2.75) is 19.0 Å². The fourth-order valence-electron chi connectivity index (χ4n) is 1.13. The number of aryl methyl sites for hydroxylation is 1. The molecule has 0 aliphatic rings.